The molecule has 0 aromatic rings. The van der Waals surface area contributed by atoms with Gasteiger partial charge < -0.3 is 10.5 Å². The molecular weight excluding hydrogens is 190 g/mol. The van der Waals surface area contributed by atoms with Gasteiger partial charge >= 0.3 is 0 Å². The normalized spacial score (nSPS) is 36.5. The van der Waals surface area contributed by atoms with Crippen molar-refractivity contribution in [1.29, 1.82) is 0 Å². The van der Waals surface area contributed by atoms with Crippen LogP contribution in [0.1, 0.15) is 19.3 Å². The Labute approximate surface area is 83.7 Å². The summed E-state index contributed by atoms with van der Waals surface area (Å²) in [6.07, 6.45) is 7.02. The Morgan fingerprint density at radius 1 is 1.54 bits per heavy atom. The molecule has 1 aliphatic heterocycles. The van der Waals surface area contributed by atoms with E-state index in [1.165, 1.54) is 0 Å². The number of hydrogen-bond donors (Lipinski definition) is 1. The lowest BCUT2D eigenvalue weighted by molar-refractivity contribution is -0.127. The SMILES string of the molecule is Cl.NC(=O)C1CC2CCC=CC2O1. The largest absolute Gasteiger partial charge is 0.367 e. The van der Waals surface area contributed by atoms with Gasteiger partial charge in [-0.15, -0.1) is 12.4 Å². The summed E-state index contributed by atoms with van der Waals surface area (Å²) in [6, 6.07) is 0. The molecule has 1 amide bonds. The summed E-state index contributed by atoms with van der Waals surface area (Å²) in [6.45, 7) is 0. The van der Waals surface area contributed by atoms with E-state index >= 15 is 0 Å². The molecule has 1 saturated heterocycles. The fraction of sp³-hybridized carbons (Fsp3) is 0.667. The van der Waals surface area contributed by atoms with E-state index in [0.29, 0.717) is 5.92 Å². The van der Waals surface area contributed by atoms with Crippen molar-refractivity contribution in [2.24, 2.45) is 11.7 Å². The Balaban J connectivity index is 0.000000845. The van der Waals surface area contributed by atoms with E-state index < -0.39 is 0 Å². The first kappa shape index (κ1) is 10.5. The molecule has 74 valence electrons. The van der Waals surface area contributed by atoms with Gasteiger partial charge in [0.25, 0.3) is 0 Å². The zero-order valence-electron chi connectivity index (χ0n) is 7.31. The van der Waals surface area contributed by atoms with Crippen LogP contribution in [-0.2, 0) is 9.53 Å². The van der Waals surface area contributed by atoms with E-state index in [1.54, 1.807) is 0 Å². The number of rotatable bonds is 1. The summed E-state index contributed by atoms with van der Waals surface area (Å²) in [5.41, 5.74) is 5.16. The minimum absolute atomic E-state index is 0. The standard InChI is InChI=1S/C9H13NO2.ClH/c10-9(11)8-5-6-3-1-2-4-7(6)12-8;/h2,4,6-8H,1,3,5H2,(H2,10,11);1H. The van der Waals surface area contributed by atoms with Crippen molar-refractivity contribution >= 4 is 18.3 Å². The fourth-order valence-corrected chi connectivity index (χ4v) is 1.97. The van der Waals surface area contributed by atoms with E-state index in [-0.39, 0.29) is 30.5 Å². The van der Waals surface area contributed by atoms with Crippen molar-refractivity contribution < 1.29 is 9.53 Å². The van der Waals surface area contributed by atoms with Crippen LogP contribution in [0.25, 0.3) is 0 Å². The minimum Gasteiger partial charge on any atom is -0.367 e. The second-order valence-corrected chi connectivity index (χ2v) is 3.49. The number of nitrogens with two attached hydrogens (primary N) is 1. The number of hydrogen-bond acceptors (Lipinski definition) is 2. The fourth-order valence-electron chi connectivity index (χ4n) is 1.97. The average molecular weight is 204 g/mol. The molecule has 3 atom stereocenters. The van der Waals surface area contributed by atoms with Crippen LogP contribution in [0, 0.1) is 5.92 Å². The van der Waals surface area contributed by atoms with Gasteiger partial charge in [-0.3, -0.25) is 4.79 Å². The van der Waals surface area contributed by atoms with E-state index in [0.717, 1.165) is 19.3 Å². The van der Waals surface area contributed by atoms with Crippen LogP contribution >= 0.6 is 12.4 Å². The smallest absolute Gasteiger partial charge is 0.246 e. The second kappa shape index (κ2) is 4.11. The molecule has 3 nitrogen and oxygen atoms in total. The number of carbonyl (C=O) groups is 1. The van der Waals surface area contributed by atoms with Gasteiger partial charge in [-0.25, -0.2) is 0 Å². The molecule has 1 heterocycles. The Morgan fingerprint density at radius 2 is 2.31 bits per heavy atom. The molecule has 3 unspecified atom stereocenters. The molecule has 0 bridgehead atoms. The number of primary amides is 1. The summed E-state index contributed by atoms with van der Waals surface area (Å²) in [4.78, 5) is 10.8. The second-order valence-electron chi connectivity index (χ2n) is 3.49. The number of allylic oxidation sites excluding steroid dienone is 1. The molecule has 13 heavy (non-hydrogen) atoms. The third-order valence-electron chi connectivity index (χ3n) is 2.65. The molecule has 1 aliphatic carbocycles. The molecule has 0 saturated carbocycles. The molecule has 0 spiro atoms. The summed E-state index contributed by atoms with van der Waals surface area (Å²) >= 11 is 0. The van der Waals surface area contributed by atoms with Gasteiger partial charge in [-0.1, -0.05) is 12.2 Å². The van der Waals surface area contributed by atoms with Crippen LogP contribution in [-0.4, -0.2) is 18.1 Å². The van der Waals surface area contributed by atoms with Crippen molar-refractivity contribution in [3.8, 4) is 0 Å². The molecular formula is C9H14ClNO2. The summed E-state index contributed by atoms with van der Waals surface area (Å²) in [5, 5.41) is 0. The predicted octanol–water partition coefficient (Wildman–Crippen LogP) is 1.02. The van der Waals surface area contributed by atoms with Crippen molar-refractivity contribution in [1.82, 2.24) is 0 Å². The van der Waals surface area contributed by atoms with Gasteiger partial charge in [0.1, 0.15) is 6.10 Å². The third kappa shape index (κ3) is 2.03. The van der Waals surface area contributed by atoms with Crippen molar-refractivity contribution in [2.45, 2.75) is 31.5 Å². The van der Waals surface area contributed by atoms with Crippen molar-refractivity contribution in [3.05, 3.63) is 12.2 Å². The van der Waals surface area contributed by atoms with Gasteiger partial charge in [0, 0.05) is 0 Å². The van der Waals surface area contributed by atoms with E-state index in [4.69, 9.17) is 10.5 Å². The van der Waals surface area contributed by atoms with E-state index in [9.17, 15) is 4.79 Å². The lowest BCUT2D eigenvalue weighted by Gasteiger charge is -2.17. The molecule has 2 N–H and O–H groups in total. The van der Waals surface area contributed by atoms with Crippen LogP contribution in [0.5, 0.6) is 0 Å². The highest BCUT2D eigenvalue weighted by Gasteiger charge is 2.36. The van der Waals surface area contributed by atoms with Crippen LogP contribution < -0.4 is 5.73 Å². The van der Waals surface area contributed by atoms with Crippen molar-refractivity contribution in [3.63, 3.8) is 0 Å². The van der Waals surface area contributed by atoms with Gasteiger partial charge in [-0.2, -0.15) is 0 Å². The maximum Gasteiger partial charge on any atom is 0.246 e. The summed E-state index contributed by atoms with van der Waals surface area (Å²) in [5.74, 6) is 0.199. The first-order valence-corrected chi connectivity index (χ1v) is 4.39. The maximum atomic E-state index is 10.8. The van der Waals surface area contributed by atoms with Gasteiger partial charge in [0.05, 0.1) is 6.10 Å². The first-order chi connectivity index (χ1) is 5.77. The van der Waals surface area contributed by atoms with Gasteiger partial charge in [-0.05, 0) is 25.2 Å². The zero-order chi connectivity index (χ0) is 8.55. The highest BCUT2D eigenvalue weighted by atomic mass is 35.5. The van der Waals surface area contributed by atoms with E-state index in [1.807, 2.05) is 0 Å². The summed E-state index contributed by atoms with van der Waals surface area (Å²) in [7, 11) is 0. The van der Waals surface area contributed by atoms with Crippen LogP contribution in [0.3, 0.4) is 0 Å². The number of amides is 1. The maximum absolute atomic E-state index is 10.8. The number of carbonyl (C=O) groups excluding carboxylic acids is 1. The number of halogens is 1. The molecule has 0 aromatic heterocycles. The molecule has 0 aromatic carbocycles. The Morgan fingerprint density at radius 3 is 2.92 bits per heavy atom. The lowest BCUT2D eigenvalue weighted by Crippen LogP contribution is -2.28. The molecule has 0 radical (unpaired) electrons. The first-order valence-electron chi connectivity index (χ1n) is 4.39. The van der Waals surface area contributed by atoms with E-state index in [2.05, 4.69) is 12.2 Å². The zero-order valence-corrected chi connectivity index (χ0v) is 8.13. The Bertz CT molecular complexity index is 230. The molecule has 1 fully saturated rings. The highest BCUT2D eigenvalue weighted by molar-refractivity contribution is 5.85. The quantitative estimate of drug-likeness (QED) is 0.647. The van der Waals surface area contributed by atoms with Crippen LogP contribution in [0.15, 0.2) is 12.2 Å². The third-order valence-corrected chi connectivity index (χ3v) is 2.65. The predicted molar refractivity (Wildman–Crippen MR) is 51.6 cm³/mol. The number of fused-ring (bicyclic) bond motifs is 1. The average Bonchev–Trinajstić information content (AvgIpc) is 2.46. The van der Waals surface area contributed by atoms with Crippen LogP contribution in [0.4, 0.5) is 0 Å². The molecule has 2 rings (SSSR count). The number of ether oxygens (including phenoxy) is 1. The Kier molecular flexibility index (Phi) is 3.33. The minimum atomic E-state index is -0.345. The summed E-state index contributed by atoms with van der Waals surface area (Å²) < 4.78 is 5.47. The monoisotopic (exact) mass is 203 g/mol. The Hall–Kier alpha value is -0.540. The van der Waals surface area contributed by atoms with Crippen molar-refractivity contribution in [2.75, 3.05) is 0 Å². The molecule has 2 aliphatic rings. The van der Waals surface area contributed by atoms with Gasteiger partial charge in [0.15, 0.2) is 0 Å². The highest BCUT2D eigenvalue weighted by Crippen LogP contribution is 2.33. The van der Waals surface area contributed by atoms with Gasteiger partial charge in [0.2, 0.25) is 5.91 Å². The van der Waals surface area contributed by atoms with Crippen LogP contribution in [0.2, 0.25) is 0 Å². The topological polar surface area (TPSA) is 52.3 Å². The molecule has 4 heteroatoms. The lowest BCUT2D eigenvalue weighted by atomic mass is 9.90.